The van der Waals surface area contributed by atoms with Crippen molar-refractivity contribution in [3.05, 3.63) is 102 Å². The second-order valence-corrected chi connectivity index (χ2v) is 6.69. The molecule has 0 saturated heterocycles. The van der Waals surface area contributed by atoms with Gasteiger partial charge in [-0.3, -0.25) is 9.48 Å². The van der Waals surface area contributed by atoms with Crippen LogP contribution in [0.1, 0.15) is 21.5 Å². The van der Waals surface area contributed by atoms with Crippen LogP contribution in [0.2, 0.25) is 0 Å². The van der Waals surface area contributed by atoms with Gasteiger partial charge >= 0.3 is 0 Å². The molecule has 0 fully saturated rings. The summed E-state index contributed by atoms with van der Waals surface area (Å²) in [5.41, 5.74) is 3.75. The summed E-state index contributed by atoms with van der Waals surface area (Å²) < 4.78 is 3.65. The van der Waals surface area contributed by atoms with E-state index in [1.807, 2.05) is 89.5 Å². The summed E-state index contributed by atoms with van der Waals surface area (Å²) in [6.07, 6.45) is 7.31. The molecular formula is C22H21N5O. The van der Waals surface area contributed by atoms with Crippen LogP contribution < -0.4 is 0 Å². The predicted molar refractivity (Wildman–Crippen MR) is 107 cm³/mol. The first kappa shape index (κ1) is 17.7. The van der Waals surface area contributed by atoms with Gasteiger partial charge in [0.05, 0.1) is 12.2 Å². The molecule has 0 aliphatic rings. The van der Waals surface area contributed by atoms with Gasteiger partial charge in [0.1, 0.15) is 0 Å². The number of aromatic nitrogens is 4. The number of nitrogens with zero attached hydrogens (tertiary/aromatic N) is 5. The Hall–Kier alpha value is -3.67. The monoisotopic (exact) mass is 371 g/mol. The van der Waals surface area contributed by atoms with Crippen molar-refractivity contribution in [3.8, 4) is 5.69 Å². The highest BCUT2D eigenvalue weighted by Gasteiger charge is 2.13. The number of hydrogen-bond acceptors (Lipinski definition) is 3. The quantitative estimate of drug-likeness (QED) is 0.522. The van der Waals surface area contributed by atoms with E-state index < -0.39 is 0 Å². The molecule has 1 amide bonds. The molecule has 0 bridgehead atoms. The maximum atomic E-state index is 12.9. The first-order chi connectivity index (χ1) is 13.7. The summed E-state index contributed by atoms with van der Waals surface area (Å²) in [6.45, 7) is 1.17. The summed E-state index contributed by atoms with van der Waals surface area (Å²) in [5, 5.41) is 8.48. The van der Waals surface area contributed by atoms with Crippen LogP contribution in [0.3, 0.4) is 0 Å². The van der Waals surface area contributed by atoms with Crippen molar-refractivity contribution < 1.29 is 4.79 Å². The minimum Gasteiger partial charge on any atom is -0.337 e. The van der Waals surface area contributed by atoms with E-state index in [2.05, 4.69) is 10.2 Å². The molecule has 28 heavy (non-hydrogen) atoms. The van der Waals surface area contributed by atoms with Gasteiger partial charge in [0, 0.05) is 43.9 Å². The molecule has 6 heteroatoms. The Kier molecular flexibility index (Phi) is 5.01. The minimum absolute atomic E-state index is 0.00759. The summed E-state index contributed by atoms with van der Waals surface area (Å²) in [5.74, 6) is -0.00759. The highest BCUT2D eigenvalue weighted by Crippen LogP contribution is 2.14. The zero-order valence-electron chi connectivity index (χ0n) is 15.6. The van der Waals surface area contributed by atoms with Gasteiger partial charge in [0.15, 0.2) is 0 Å². The van der Waals surface area contributed by atoms with Crippen LogP contribution in [-0.4, -0.2) is 37.4 Å². The number of benzene rings is 2. The van der Waals surface area contributed by atoms with Crippen molar-refractivity contribution in [1.82, 2.24) is 24.5 Å². The average molecular weight is 371 g/mol. The van der Waals surface area contributed by atoms with E-state index in [1.54, 1.807) is 17.3 Å². The summed E-state index contributed by atoms with van der Waals surface area (Å²) in [4.78, 5) is 14.6. The van der Waals surface area contributed by atoms with E-state index in [9.17, 15) is 4.79 Å². The Morgan fingerprint density at radius 3 is 2.50 bits per heavy atom. The van der Waals surface area contributed by atoms with Gasteiger partial charge in [-0.05, 0) is 47.5 Å². The topological polar surface area (TPSA) is 56.0 Å². The number of rotatable bonds is 6. The number of amides is 1. The minimum atomic E-state index is -0.00759. The third-order valence-corrected chi connectivity index (χ3v) is 4.52. The predicted octanol–water partition coefficient (Wildman–Crippen LogP) is 3.39. The maximum absolute atomic E-state index is 12.9. The number of carbonyl (C=O) groups excluding carboxylic acids is 1. The molecule has 2 aromatic carbocycles. The van der Waals surface area contributed by atoms with Crippen LogP contribution in [0.5, 0.6) is 0 Å². The van der Waals surface area contributed by atoms with Crippen LogP contribution in [-0.2, 0) is 13.1 Å². The van der Waals surface area contributed by atoms with Crippen molar-refractivity contribution in [1.29, 1.82) is 0 Å². The van der Waals surface area contributed by atoms with Gasteiger partial charge in [-0.15, -0.1) is 0 Å². The first-order valence-electron chi connectivity index (χ1n) is 9.10. The largest absolute Gasteiger partial charge is 0.337 e. The molecule has 4 aromatic rings. The van der Waals surface area contributed by atoms with Gasteiger partial charge in [-0.1, -0.05) is 24.3 Å². The highest BCUT2D eigenvalue weighted by atomic mass is 16.2. The average Bonchev–Trinajstić information content (AvgIpc) is 3.42. The molecule has 0 saturated carbocycles. The van der Waals surface area contributed by atoms with Crippen molar-refractivity contribution >= 4 is 5.91 Å². The molecule has 0 unspecified atom stereocenters. The van der Waals surface area contributed by atoms with Crippen molar-refractivity contribution in [2.24, 2.45) is 0 Å². The second kappa shape index (κ2) is 7.92. The summed E-state index contributed by atoms with van der Waals surface area (Å²) >= 11 is 0. The van der Waals surface area contributed by atoms with E-state index in [4.69, 9.17) is 0 Å². The maximum Gasteiger partial charge on any atom is 0.253 e. The van der Waals surface area contributed by atoms with Gasteiger partial charge in [0.25, 0.3) is 5.91 Å². The summed E-state index contributed by atoms with van der Waals surface area (Å²) in [7, 11) is 1.82. The fourth-order valence-corrected chi connectivity index (χ4v) is 3.17. The highest BCUT2D eigenvalue weighted by molar-refractivity contribution is 5.94. The zero-order valence-corrected chi connectivity index (χ0v) is 15.6. The lowest BCUT2D eigenvalue weighted by Crippen LogP contribution is -2.26. The Morgan fingerprint density at radius 2 is 1.71 bits per heavy atom. The lowest BCUT2D eigenvalue weighted by atomic mass is 10.1. The van der Waals surface area contributed by atoms with Gasteiger partial charge in [-0.2, -0.15) is 10.2 Å². The van der Waals surface area contributed by atoms with Crippen LogP contribution in [0.4, 0.5) is 0 Å². The van der Waals surface area contributed by atoms with E-state index >= 15 is 0 Å². The summed E-state index contributed by atoms with van der Waals surface area (Å²) in [6, 6.07) is 19.5. The van der Waals surface area contributed by atoms with Crippen LogP contribution in [0, 0.1) is 0 Å². The molecule has 0 atom stereocenters. The van der Waals surface area contributed by atoms with Gasteiger partial charge in [0.2, 0.25) is 0 Å². The lowest BCUT2D eigenvalue weighted by molar-refractivity contribution is 0.0785. The zero-order chi connectivity index (χ0) is 19.3. The molecule has 4 rings (SSSR count). The smallest absolute Gasteiger partial charge is 0.253 e. The third-order valence-electron chi connectivity index (χ3n) is 4.52. The lowest BCUT2D eigenvalue weighted by Gasteiger charge is -2.18. The van der Waals surface area contributed by atoms with E-state index in [-0.39, 0.29) is 5.91 Å². The second-order valence-electron chi connectivity index (χ2n) is 6.69. The molecule has 0 aliphatic carbocycles. The van der Waals surface area contributed by atoms with Gasteiger partial charge in [-0.25, -0.2) is 4.68 Å². The molecule has 2 heterocycles. The standard InChI is InChI=1S/C22H21N5O/c1-25(16-19-7-3-9-21(15-19)27-13-5-11-24-27)22(28)20-8-2-6-18(14-20)17-26-12-4-10-23-26/h2-15H,16-17H2,1H3. The van der Waals surface area contributed by atoms with E-state index in [0.29, 0.717) is 18.7 Å². The number of hydrogen-bond donors (Lipinski definition) is 0. The SMILES string of the molecule is CN(Cc1cccc(-n2cccn2)c1)C(=O)c1cccc(Cn2cccn2)c1. The van der Waals surface area contributed by atoms with Crippen molar-refractivity contribution in [3.63, 3.8) is 0 Å². The fraction of sp³-hybridized carbons (Fsp3) is 0.136. The van der Waals surface area contributed by atoms with Crippen molar-refractivity contribution in [2.45, 2.75) is 13.1 Å². The van der Waals surface area contributed by atoms with E-state index in [1.165, 1.54) is 0 Å². The molecular weight excluding hydrogens is 350 g/mol. The molecule has 0 radical (unpaired) electrons. The van der Waals surface area contributed by atoms with Gasteiger partial charge < -0.3 is 4.90 Å². The van der Waals surface area contributed by atoms with Crippen LogP contribution >= 0.6 is 0 Å². The molecule has 6 nitrogen and oxygen atoms in total. The Bertz CT molecular complexity index is 1050. The molecule has 0 N–H and O–H groups in total. The normalized spacial score (nSPS) is 10.8. The van der Waals surface area contributed by atoms with Crippen LogP contribution in [0.25, 0.3) is 5.69 Å². The third kappa shape index (κ3) is 4.01. The Morgan fingerprint density at radius 1 is 0.929 bits per heavy atom. The number of carbonyl (C=O) groups is 1. The molecule has 0 aliphatic heterocycles. The molecule has 140 valence electrons. The fourth-order valence-electron chi connectivity index (χ4n) is 3.17. The van der Waals surface area contributed by atoms with E-state index in [0.717, 1.165) is 16.8 Å². The molecule has 2 aromatic heterocycles. The Balaban J connectivity index is 1.47. The first-order valence-corrected chi connectivity index (χ1v) is 9.10. The van der Waals surface area contributed by atoms with Crippen molar-refractivity contribution in [2.75, 3.05) is 7.05 Å². The Labute approximate surface area is 163 Å². The van der Waals surface area contributed by atoms with Crippen LogP contribution in [0.15, 0.2) is 85.5 Å². The molecule has 0 spiro atoms.